The average Bonchev–Trinajstić information content (AvgIpc) is 2.87. The van der Waals surface area contributed by atoms with Gasteiger partial charge in [-0.2, -0.15) is 4.98 Å². The molecule has 4 rings (SSSR count). The third-order valence-electron chi connectivity index (χ3n) is 5.02. The Morgan fingerprint density at radius 2 is 1.66 bits per heavy atom. The minimum atomic E-state index is -0.832. The van der Waals surface area contributed by atoms with Crippen molar-refractivity contribution < 1.29 is 19.4 Å². The van der Waals surface area contributed by atoms with Gasteiger partial charge in [-0.1, -0.05) is 60.1 Å². The molecule has 0 radical (unpaired) electrons. The molecular formula is C27H24ClN3O4. The molecule has 2 N–H and O–H groups in total. The number of hydrogen-bond donors (Lipinski definition) is 2. The van der Waals surface area contributed by atoms with Crippen molar-refractivity contribution in [2.45, 2.75) is 19.4 Å². The lowest BCUT2D eigenvalue weighted by atomic mass is 10.1. The monoisotopic (exact) mass is 489 g/mol. The Morgan fingerprint density at radius 1 is 0.914 bits per heavy atom. The zero-order valence-electron chi connectivity index (χ0n) is 18.9. The van der Waals surface area contributed by atoms with E-state index in [-0.39, 0.29) is 13.0 Å². The lowest BCUT2D eigenvalue weighted by Crippen LogP contribution is -2.04. The van der Waals surface area contributed by atoms with Crippen molar-refractivity contribution in [3.63, 3.8) is 0 Å². The van der Waals surface area contributed by atoms with E-state index in [0.29, 0.717) is 35.6 Å². The summed E-state index contributed by atoms with van der Waals surface area (Å²) in [4.78, 5) is 19.8. The van der Waals surface area contributed by atoms with Gasteiger partial charge in [0.15, 0.2) is 0 Å². The number of ether oxygens (including phenoxy) is 2. The molecule has 0 aliphatic rings. The van der Waals surface area contributed by atoms with Crippen molar-refractivity contribution >= 4 is 29.2 Å². The van der Waals surface area contributed by atoms with Gasteiger partial charge >= 0.3 is 5.97 Å². The third kappa shape index (κ3) is 7.19. The van der Waals surface area contributed by atoms with Crippen LogP contribution in [0, 0.1) is 0 Å². The summed E-state index contributed by atoms with van der Waals surface area (Å²) >= 11 is 6.26. The van der Waals surface area contributed by atoms with Crippen LogP contribution in [0.3, 0.4) is 0 Å². The molecule has 1 heterocycles. The highest BCUT2D eigenvalue weighted by Crippen LogP contribution is 2.26. The van der Waals surface area contributed by atoms with Crippen LogP contribution in [0.15, 0.2) is 84.9 Å². The van der Waals surface area contributed by atoms with Crippen LogP contribution in [0.25, 0.3) is 11.3 Å². The van der Waals surface area contributed by atoms with Gasteiger partial charge in [0.1, 0.15) is 12.4 Å². The van der Waals surface area contributed by atoms with Crippen molar-refractivity contribution in [3.05, 3.63) is 95.5 Å². The number of halogens is 1. The fourth-order valence-corrected chi connectivity index (χ4v) is 3.45. The molecule has 0 bridgehead atoms. The normalized spacial score (nSPS) is 10.5. The van der Waals surface area contributed by atoms with E-state index in [0.717, 1.165) is 22.5 Å². The molecule has 0 saturated heterocycles. The topological polar surface area (TPSA) is 93.6 Å². The number of aromatic nitrogens is 2. The summed E-state index contributed by atoms with van der Waals surface area (Å²) in [5.74, 6) is 0.625. The van der Waals surface area contributed by atoms with Crippen LogP contribution >= 0.6 is 11.6 Å². The quantitative estimate of drug-likeness (QED) is 0.236. The van der Waals surface area contributed by atoms with E-state index in [1.807, 2.05) is 66.7 Å². The molecule has 0 amide bonds. The molecule has 4 aromatic rings. The van der Waals surface area contributed by atoms with Gasteiger partial charge < -0.3 is 19.9 Å². The summed E-state index contributed by atoms with van der Waals surface area (Å²) in [7, 11) is 0. The first-order valence-corrected chi connectivity index (χ1v) is 11.5. The molecule has 0 aliphatic heterocycles. The van der Waals surface area contributed by atoms with Crippen molar-refractivity contribution in [2.75, 3.05) is 11.9 Å². The summed E-state index contributed by atoms with van der Waals surface area (Å²) in [5, 5.41) is 12.6. The summed E-state index contributed by atoms with van der Waals surface area (Å²) in [5.41, 5.74) is 3.29. The van der Waals surface area contributed by atoms with Gasteiger partial charge in [-0.15, -0.1) is 0 Å². The molecule has 7 nitrogen and oxygen atoms in total. The molecule has 178 valence electrons. The summed E-state index contributed by atoms with van der Waals surface area (Å²) in [6.07, 6.45) is 0.530. The number of benzene rings is 3. The lowest BCUT2D eigenvalue weighted by Gasteiger charge is -2.12. The molecular weight excluding hydrogens is 466 g/mol. The molecule has 0 unspecified atom stereocenters. The Balaban J connectivity index is 1.49. The van der Waals surface area contributed by atoms with E-state index in [4.69, 9.17) is 26.2 Å². The molecule has 0 saturated carbocycles. The Labute approximate surface area is 208 Å². The van der Waals surface area contributed by atoms with Gasteiger partial charge in [0.25, 0.3) is 0 Å². The number of anilines is 2. The highest BCUT2D eigenvalue weighted by molar-refractivity contribution is 6.31. The largest absolute Gasteiger partial charge is 0.494 e. The molecule has 1 aromatic heterocycles. The SMILES string of the molecule is O=C(O)CCCOc1ccc(Nc2nc(OCc3ccccc3Cl)cc(-c3ccccc3)n2)cc1. The van der Waals surface area contributed by atoms with Gasteiger partial charge in [-0.3, -0.25) is 4.79 Å². The van der Waals surface area contributed by atoms with E-state index in [9.17, 15) is 4.79 Å². The minimum Gasteiger partial charge on any atom is -0.494 e. The number of rotatable bonds is 11. The predicted octanol–water partition coefficient (Wildman–Crippen LogP) is 6.36. The van der Waals surface area contributed by atoms with E-state index >= 15 is 0 Å². The second-order valence-corrected chi connectivity index (χ2v) is 8.06. The van der Waals surface area contributed by atoms with Gasteiger partial charge in [-0.25, -0.2) is 4.98 Å². The number of carbonyl (C=O) groups is 1. The van der Waals surface area contributed by atoms with E-state index < -0.39 is 5.97 Å². The molecule has 3 aromatic carbocycles. The first kappa shape index (κ1) is 24.0. The Hall–Kier alpha value is -4.10. The number of carboxylic acids is 1. The highest BCUT2D eigenvalue weighted by Gasteiger charge is 2.10. The predicted molar refractivity (Wildman–Crippen MR) is 135 cm³/mol. The van der Waals surface area contributed by atoms with Gasteiger partial charge in [-0.05, 0) is 36.8 Å². The summed E-state index contributed by atoms with van der Waals surface area (Å²) in [6, 6.07) is 26.4. The lowest BCUT2D eigenvalue weighted by molar-refractivity contribution is -0.137. The van der Waals surface area contributed by atoms with Crippen molar-refractivity contribution in [1.29, 1.82) is 0 Å². The van der Waals surface area contributed by atoms with E-state index in [1.165, 1.54) is 0 Å². The molecule has 35 heavy (non-hydrogen) atoms. The van der Waals surface area contributed by atoms with E-state index in [1.54, 1.807) is 18.2 Å². The van der Waals surface area contributed by atoms with Crippen LogP contribution in [0.2, 0.25) is 5.02 Å². The smallest absolute Gasteiger partial charge is 0.303 e. The van der Waals surface area contributed by atoms with Crippen molar-refractivity contribution in [2.24, 2.45) is 0 Å². The van der Waals surface area contributed by atoms with Crippen LogP contribution in [-0.4, -0.2) is 27.7 Å². The Morgan fingerprint density at radius 3 is 2.40 bits per heavy atom. The molecule has 0 atom stereocenters. The minimum absolute atomic E-state index is 0.0790. The Bertz CT molecular complexity index is 1270. The third-order valence-corrected chi connectivity index (χ3v) is 5.39. The summed E-state index contributed by atoms with van der Waals surface area (Å²) < 4.78 is 11.6. The molecule has 8 heteroatoms. The van der Waals surface area contributed by atoms with E-state index in [2.05, 4.69) is 15.3 Å². The van der Waals surface area contributed by atoms with Gasteiger partial charge in [0, 0.05) is 34.3 Å². The number of hydrogen-bond acceptors (Lipinski definition) is 6. The zero-order valence-corrected chi connectivity index (χ0v) is 19.6. The average molecular weight is 490 g/mol. The molecule has 0 aliphatic carbocycles. The van der Waals surface area contributed by atoms with Crippen LogP contribution in [0.5, 0.6) is 11.6 Å². The maximum Gasteiger partial charge on any atom is 0.303 e. The maximum absolute atomic E-state index is 10.6. The summed E-state index contributed by atoms with van der Waals surface area (Å²) in [6.45, 7) is 0.617. The number of nitrogens with one attached hydrogen (secondary N) is 1. The standard InChI is InChI=1S/C27H24ClN3O4/c28-23-10-5-4-9-20(23)18-35-25-17-24(19-7-2-1-3-8-19)30-27(31-25)29-21-12-14-22(15-13-21)34-16-6-11-26(32)33/h1-5,7-10,12-15,17H,6,11,16,18H2,(H,32,33)(H,29,30,31). The second kappa shape index (κ2) is 11.9. The number of nitrogens with zero attached hydrogens (tertiary/aromatic N) is 2. The second-order valence-electron chi connectivity index (χ2n) is 7.66. The van der Waals surface area contributed by atoms with Crippen LogP contribution in [-0.2, 0) is 11.4 Å². The Kier molecular flexibility index (Phi) is 8.14. The number of carboxylic acid groups (broad SMARTS) is 1. The fraction of sp³-hybridized carbons (Fsp3) is 0.148. The fourth-order valence-electron chi connectivity index (χ4n) is 3.26. The first-order valence-electron chi connectivity index (χ1n) is 11.1. The van der Waals surface area contributed by atoms with Crippen LogP contribution in [0.1, 0.15) is 18.4 Å². The van der Waals surface area contributed by atoms with Crippen LogP contribution in [0.4, 0.5) is 11.6 Å². The van der Waals surface area contributed by atoms with Crippen LogP contribution < -0.4 is 14.8 Å². The van der Waals surface area contributed by atoms with Gasteiger partial charge in [0.2, 0.25) is 11.8 Å². The molecule has 0 spiro atoms. The van der Waals surface area contributed by atoms with Crippen molar-refractivity contribution in [1.82, 2.24) is 9.97 Å². The highest BCUT2D eigenvalue weighted by atomic mass is 35.5. The first-order chi connectivity index (χ1) is 17.1. The van der Waals surface area contributed by atoms with Crippen molar-refractivity contribution in [3.8, 4) is 22.9 Å². The number of aliphatic carboxylic acids is 1. The van der Waals surface area contributed by atoms with Gasteiger partial charge in [0.05, 0.1) is 12.3 Å². The maximum atomic E-state index is 10.6. The molecule has 0 fully saturated rings. The zero-order chi connectivity index (χ0) is 24.5.